The van der Waals surface area contributed by atoms with Gasteiger partial charge in [0.25, 0.3) is 5.91 Å². The molecule has 1 aromatic rings. The minimum Gasteiger partial charge on any atom is -0.290 e. The number of hydrogen-bond acceptors (Lipinski definition) is 3. The zero-order valence-electron chi connectivity index (χ0n) is 11.2. The maximum Gasteiger partial charge on any atom is 0.259 e. The van der Waals surface area contributed by atoms with Crippen LogP contribution in [0.1, 0.15) is 30.6 Å². The molecule has 1 fully saturated rings. The van der Waals surface area contributed by atoms with Gasteiger partial charge in [-0.15, -0.1) is 0 Å². The first-order chi connectivity index (χ1) is 9.38. The molecule has 2 nitrogen and oxygen atoms in total. The molecule has 1 amide bonds. The van der Waals surface area contributed by atoms with Gasteiger partial charge in [0.2, 0.25) is 0 Å². The molecule has 1 aromatic carbocycles. The van der Waals surface area contributed by atoms with Crippen LogP contribution in [0.25, 0.3) is 0 Å². The van der Waals surface area contributed by atoms with Crippen LogP contribution in [0, 0.1) is 5.92 Å². The molecule has 0 spiro atoms. The van der Waals surface area contributed by atoms with Crippen LogP contribution >= 0.6 is 47.2 Å². The van der Waals surface area contributed by atoms with Crippen molar-refractivity contribution in [2.24, 2.45) is 5.92 Å². The Hall–Kier alpha value is -0.290. The Labute approximate surface area is 138 Å². The Bertz CT molecular complexity index is 528. The highest BCUT2D eigenvalue weighted by atomic mass is 35.5. The van der Waals surface area contributed by atoms with E-state index in [4.69, 9.17) is 35.4 Å². The molecule has 1 aliphatic rings. The summed E-state index contributed by atoms with van der Waals surface area (Å²) in [5, 5.41) is 0.915. The van der Waals surface area contributed by atoms with E-state index >= 15 is 0 Å². The SMILES string of the molecule is CC(C)C[C@H]1CSC(=S)N1C(=O)c1cc(Cl)cc(Cl)c1. The fourth-order valence-electron chi connectivity index (χ4n) is 2.24. The van der Waals surface area contributed by atoms with E-state index < -0.39 is 0 Å². The van der Waals surface area contributed by atoms with Gasteiger partial charge in [-0.05, 0) is 30.5 Å². The number of nitrogens with zero attached hydrogens (tertiary/aromatic N) is 1. The predicted molar refractivity (Wildman–Crippen MR) is 90.9 cm³/mol. The Morgan fingerprint density at radius 2 is 2.00 bits per heavy atom. The van der Waals surface area contributed by atoms with Crippen LogP contribution in [0.15, 0.2) is 18.2 Å². The van der Waals surface area contributed by atoms with Gasteiger partial charge >= 0.3 is 0 Å². The second-order valence-electron chi connectivity index (χ2n) is 5.19. The minimum absolute atomic E-state index is 0.116. The highest BCUT2D eigenvalue weighted by Crippen LogP contribution is 2.31. The third-order valence-electron chi connectivity index (χ3n) is 3.03. The summed E-state index contributed by atoms with van der Waals surface area (Å²) in [4.78, 5) is 14.4. The summed E-state index contributed by atoms with van der Waals surface area (Å²) < 4.78 is 0.636. The molecule has 108 valence electrons. The number of thiocarbonyl (C=S) groups is 1. The van der Waals surface area contributed by atoms with Crippen molar-refractivity contribution in [3.05, 3.63) is 33.8 Å². The summed E-state index contributed by atoms with van der Waals surface area (Å²) >= 11 is 18.8. The molecule has 0 N–H and O–H groups in total. The summed E-state index contributed by atoms with van der Waals surface area (Å²) in [5.41, 5.74) is 0.487. The molecule has 0 aliphatic carbocycles. The molecule has 0 bridgehead atoms. The van der Waals surface area contributed by atoms with Crippen molar-refractivity contribution in [1.82, 2.24) is 4.90 Å². The molecule has 1 atom stereocenters. The average molecular weight is 348 g/mol. The third-order valence-corrected chi connectivity index (χ3v) is 5.01. The highest BCUT2D eigenvalue weighted by Gasteiger charge is 2.34. The maximum absolute atomic E-state index is 12.7. The third kappa shape index (κ3) is 3.67. The number of hydrogen-bond donors (Lipinski definition) is 0. The van der Waals surface area contributed by atoms with E-state index in [1.54, 1.807) is 34.9 Å². The van der Waals surface area contributed by atoms with Gasteiger partial charge in [-0.3, -0.25) is 9.69 Å². The molecule has 1 aliphatic heterocycles. The number of thioether (sulfide) groups is 1. The Morgan fingerprint density at radius 3 is 2.55 bits per heavy atom. The molecule has 1 heterocycles. The van der Waals surface area contributed by atoms with Crippen LogP contribution in [-0.4, -0.2) is 26.9 Å². The fraction of sp³-hybridized carbons (Fsp3) is 0.429. The number of amides is 1. The second-order valence-corrected chi connectivity index (χ2v) is 7.72. The zero-order chi connectivity index (χ0) is 14.9. The molecule has 1 saturated heterocycles. The predicted octanol–water partition coefficient (Wildman–Crippen LogP) is 4.88. The van der Waals surface area contributed by atoms with Crippen molar-refractivity contribution >= 4 is 57.4 Å². The summed E-state index contributed by atoms with van der Waals surface area (Å²) in [7, 11) is 0. The first-order valence-electron chi connectivity index (χ1n) is 6.35. The lowest BCUT2D eigenvalue weighted by atomic mass is 10.0. The zero-order valence-corrected chi connectivity index (χ0v) is 14.4. The molecule has 6 heteroatoms. The first kappa shape index (κ1) is 16.1. The average Bonchev–Trinajstić information content (AvgIpc) is 2.67. The summed E-state index contributed by atoms with van der Waals surface area (Å²) in [6.07, 6.45) is 0.938. The van der Waals surface area contributed by atoms with Crippen molar-refractivity contribution in [2.45, 2.75) is 26.3 Å². The van der Waals surface area contributed by atoms with E-state index in [-0.39, 0.29) is 11.9 Å². The molecule has 20 heavy (non-hydrogen) atoms. The van der Waals surface area contributed by atoms with Gasteiger partial charge in [0, 0.05) is 27.4 Å². The van der Waals surface area contributed by atoms with E-state index in [1.807, 2.05) is 0 Å². The summed E-state index contributed by atoms with van der Waals surface area (Å²) in [6, 6.07) is 5.03. The van der Waals surface area contributed by atoms with Gasteiger partial charge in [-0.2, -0.15) is 0 Å². The Morgan fingerprint density at radius 1 is 1.40 bits per heavy atom. The lowest BCUT2D eigenvalue weighted by Crippen LogP contribution is -2.39. The molecular weight excluding hydrogens is 333 g/mol. The van der Waals surface area contributed by atoms with E-state index in [0.717, 1.165) is 12.2 Å². The number of rotatable bonds is 3. The topological polar surface area (TPSA) is 20.3 Å². The van der Waals surface area contributed by atoms with Crippen LogP contribution in [0.5, 0.6) is 0 Å². The molecule has 0 aromatic heterocycles. The van der Waals surface area contributed by atoms with Gasteiger partial charge in [-0.1, -0.05) is 61.0 Å². The van der Waals surface area contributed by atoms with Crippen molar-refractivity contribution < 1.29 is 4.79 Å². The minimum atomic E-state index is -0.116. The number of benzene rings is 1. The van der Waals surface area contributed by atoms with Crippen LogP contribution in [-0.2, 0) is 0 Å². The monoisotopic (exact) mass is 347 g/mol. The standard InChI is InChI=1S/C14H15Cl2NOS2/c1-8(2)3-12-7-20-14(19)17(12)13(18)9-4-10(15)6-11(16)5-9/h4-6,8,12H,3,7H2,1-2H3/t12-/m0/s1. The van der Waals surface area contributed by atoms with E-state index in [1.165, 1.54) is 0 Å². The van der Waals surface area contributed by atoms with Crippen molar-refractivity contribution in [2.75, 3.05) is 5.75 Å². The summed E-state index contributed by atoms with van der Waals surface area (Å²) in [6.45, 7) is 4.29. The van der Waals surface area contributed by atoms with Crippen LogP contribution in [0.2, 0.25) is 10.0 Å². The Balaban J connectivity index is 2.27. The van der Waals surface area contributed by atoms with Crippen LogP contribution in [0.3, 0.4) is 0 Å². The van der Waals surface area contributed by atoms with Crippen LogP contribution < -0.4 is 0 Å². The van der Waals surface area contributed by atoms with E-state index in [2.05, 4.69) is 13.8 Å². The van der Waals surface area contributed by atoms with Gasteiger partial charge in [0.05, 0.1) is 0 Å². The molecule has 0 unspecified atom stereocenters. The van der Waals surface area contributed by atoms with Crippen molar-refractivity contribution in [3.8, 4) is 0 Å². The lowest BCUT2D eigenvalue weighted by molar-refractivity contribution is 0.0814. The first-order valence-corrected chi connectivity index (χ1v) is 8.50. The molecule has 0 saturated carbocycles. The Kier molecular flexibility index (Phi) is 5.35. The van der Waals surface area contributed by atoms with Crippen LogP contribution in [0.4, 0.5) is 0 Å². The molecule has 2 rings (SSSR count). The molecule has 0 radical (unpaired) electrons. The number of halogens is 2. The van der Waals surface area contributed by atoms with Gasteiger partial charge in [-0.25, -0.2) is 0 Å². The van der Waals surface area contributed by atoms with Gasteiger partial charge < -0.3 is 0 Å². The highest BCUT2D eigenvalue weighted by molar-refractivity contribution is 8.23. The maximum atomic E-state index is 12.7. The smallest absolute Gasteiger partial charge is 0.259 e. The van der Waals surface area contributed by atoms with Gasteiger partial charge in [0.1, 0.15) is 4.32 Å². The second kappa shape index (κ2) is 6.65. The fourth-order valence-corrected chi connectivity index (χ4v) is 4.20. The van der Waals surface area contributed by atoms with E-state index in [9.17, 15) is 4.79 Å². The largest absolute Gasteiger partial charge is 0.290 e. The normalized spacial score (nSPS) is 18.9. The van der Waals surface area contributed by atoms with Gasteiger partial charge in [0.15, 0.2) is 0 Å². The van der Waals surface area contributed by atoms with E-state index in [0.29, 0.717) is 25.8 Å². The van der Waals surface area contributed by atoms with Crippen molar-refractivity contribution in [3.63, 3.8) is 0 Å². The quantitative estimate of drug-likeness (QED) is 0.726. The summed E-state index contributed by atoms with van der Waals surface area (Å²) in [5.74, 6) is 1.26. The number of carbonyl (C=O) groups excluding carboxylic acids is 1. The molecular formula is C14H15Cl2NOS2. The van der Waals surface area contributed by atoms with Crippen molar-refractivity contribution in [1.29, 1.82) is 0 Å². The lowest BCUT2D eigenvalue weighted by Gasteiger charge is -2.25. The number of carbonyl (C=O) groups is 1.